The van der Waals surface area contributed by atoms with E-state index in [1.807, 2.05) is 13.8 Å². The molecule has 0 amide bonds. The van der Waals surface area contributed by atoms with Crippen molar-refractivity contribution in [1.82, 2.24) is 9.38 Å². The predicted molar refractivity (Wildman–Crippen MR) is 84.2 cm³/mol. The Bertz CT molecular complexity index is 849. The van der Waals surface area contributed by atoms with Crippen LogP contribution in [0.2, 0.25) is 0 Å². The van der Waals surface area contributed by atoms with E-state index in [9.17, 15) is 14.3 Å². The molecule has 1 N–H and O–H groups in total. The Morgan fingerprint density at radius 3 is 2.50 bits per heavy atom. The quantitative estimate of drug-likeness (QED) is 0.790. The zero-order valence-corrected chi connectivity index (χ0v) is 13.1. The standard InChI is InChI=1S/C16H15FN2O2S/c1-3-11-14(15(20)21)19-13(9-5-7-10(17)8-6-9)12(4-2)22-16(19)18-11/h5-8H,3-4H2,1-2H3,(H,20,21). The average Bonchev–Trinajstić information content (AvgIpc) is 3.02. The molecule has 0 unspecified atom stereocenters. The molecule has 0 atom stereocenters. The SMILES string of the molecule is CCc1nc2sc(CC)c(-c3ccc(F)cc3)n2c1C(=O)O. The molecule has 22 heavy (non-hydrogen) atoms. The van der Waals surface area contributed by atoms with E-state index in [1.54, 1.807) is 16.5 Å². The van der Waals surface area contributed by atoms with Crippen LogP contribution >= 0.6 is 11.3 Å². The maximum absolute atomic E-state index is 13.2. The number of imidazole rings is 1. The van der Waals surface area contributed by atoms with Crippen molar-refractivity contribution in [3.8, 4) is 11.3 Å². The van der Waals surface area contributed by atoms with Gasteiger partial charge in [0.05, 0.1) is 11.4 Å². The number of carbonyl (C=O) groups is 1. The summed E-state index contributed by atoms with van der Waals surface area (Å²) in [5.41, 5.74) is 2.37. The number of rotatable bonds is 4. The lowest BCUT2D eigenvalue weighted by Crippen LogP contribution is -2.06. The van der Waals surface area contributed by atoms with Gasteiger partial charge in [-0.2, -0.15) is 0 Å². The number of aromatic carboxylic acids is 1. The minimum absolute atomic E-state index is 0.202. The van der Waals surface area contributed by atoms with Crippen molar-refractivity contribution in [1.29, 1.82) is 0 Å². The smallest absolute Gasteiger partial charge is 0.354 e. The number of fused-ring (bicyclic) bond motifs is 1. The molecule has 0 aliphatic heterocycles. The van der Waals surface area contributed by atoms with Crippen LogP contribution in [0.5, 0.6) is 0 Å². The number of benzene rings is 1. The number of aromatic nitrogens is 2. The summed E-state index contributed by atoms with van der Waals surface area (Å²) in [6.45, 7) is 3.90. The van der Waals surface area contributed by atoms with Crippen LogP contribution in [0.25, 0.3) is 16.2 Å². The van der Waals surface area contributed by atoms with Crippen molar-refractivity contribution in [3.63, 3.8) is 0 Å². The number of halogens is 1. The number of hydrogen-bond acceptors (Lipinski definition) is 3. The van der Waals surface area contributed by atoms with Crippen molar-refractivity contribution in [2.24, 2.45) is 0 Å². The maximum Gasteiger partial charge on any atom is 0.354 e. The van der Waals surface area contributed by atoms with E-state index in [1.165, 1.54) is 23.5 Å². The first-order valence-electron chi connectivity index (χ1n) is 7.09. The Balaban J connectivity index is 2.37. The number of nitrogens with zero attached hydrogens (tertiary/aromatic N) is 2. The third-order valence-electron chi connectivity index (χ3n) is 3.60. The second-order valence-corrected chi connectivity index (χ2v) is 5.98. The molecule has 2 heterocycles. The number of thiazole rings is 1. The molecule has 4 nitrogen and oxygen atoms in total. The molecule has 114 valence electrons. The molecule has 3 rings (SSSR count). The molecular weight excluding hydrogens is 303 g/mol. The summed E-state index contributed by atoms with van der Waals surface area (Å²) in [6.07, 6.45) is 1.32. The molecule has 0 spiro atoms. The van der Waals surface area contributed by atoms with Gasteiger partial charge in [0.1, 0.15) is 5.82 Å². The van der Waals surface area contributed by atoms with Gasteiger partial charge in [-0.3, -0.25) is 4.40 Å². The Morgan fingerprint density at radius 1 is 1.27 bits per heavy atom. The van der Waals surface area contributed by atoms with E-state index in [0.29, 0.717) is 17.1 Å². The number of hydrogen-bond donors (Lipinski definition) is 1. The summed E-state index contributed by atoms with van der Waals surface area (Å²) >= 11 is 1.49. The van der Waals surface area contributed by atoms with Crippen LogP contribution in [-0.4, -0.2) is 20.5 Å². The predicted octanol–water partition coefficient (Wildman–Crippen LogP) is 4.02. The third kappa shape index (κ3) is 2.20. The minimum atomic E-state index is -0.992. The summed E-state index contributed by atoms with van der Waals surface area (Å²) in [5, 5.41) is 9.56. The molecular formula is C16H15FN2O2S. The Hall–Kier alpha value is -2.21. The fourth-order valence-electron chi connectivity index (χ4n) is 2.61. The summed E-state index contributed by atoms with van der Waals surface area (Å²) < 4.78 is 14.9. The largest absolute Gasteiger partial charge is 0.477 e. The van der Waals surface area contributed by atoms with Crippen LogP contribution < -0.4 is 0 Å². The van der Waals surface area contributed by atoms with Crippen LogP contribution in [0.4, 0.5) is 4.39 Å². The molecule has 0 bridgehead atoms. The van der Waals surface area contributed by atoms with Crippen molar-refractivity contribution in [2.75, 3.05) is 0 Å². The van der Waals surface area contributed by atoms with E-state index in [2.05, 4.69) is 4.98 Å². The van der Waals surface area contributed by atoms with Crippen molar-refractivity contribution in [2.45, 2.75) is 26.7 Å². The topological polar surface area (TPSA) is 54.6 Å². The number of carboxylic acid groups (broad SMARTS) is 1. The van der Waals surface area contributed by atoms with Gasteiger partial charge in [0.2, 0.25) is 0 Å². The van der Waals surface area contributed by atoms with Gasteiger partial charge in [-0.05, 0) is 42.7 Å². The molecule has 0 fully saturated rings. The van der Waals surface area contributed by atoms with Gasteiger partial charge in [-0.1, -0.05) is 13.8 Å². The highest BCUT2D eigenvalue weighted by Gasteiger charge is 2.24. The van der Waals surface area contributed by atoms with Gasteiger partial charge in [-0.15, -0.1) is 11.3 Å². The Kier molecular flexibility index (Phi) is 3.70. The molecule has 2 aromatic heterocycles. The van der Waals surface area contributed by atoms with E-state index >= 15 is 0 Å². The minimum Gasteiger partial charge on any atom is -0.477 e. The van der Waals surface area contributed by atoms with Gasteiger partial charge < -0.3 is 5.11 Å². The normalized spacial score (nSPS) is 11.2. The van der Waals surface area contributed by atoms with E-state index in [-0.39, 0.29) is 11.5 Å². The van der Waals surface area contributed by atoms with Crippen molar-refractivity contribution in [3.05, 3.63) is 46.3 Å². The van der Waals surface area contributed by atoms with Crippen molar-refractivity contribution >= 4 is 22.3 Å². The lowest BCUT2D eigenvalue weighted by Gasteiger charge is -2.06. The lowest BCUT2D eigenvalue weighted by molar-refractivity contribution is 0.0688. The highest BCUT2D eigenvalue weighted by Crippen LogP contribution is 2.34. The van der Waals surface area contributed by atoms with Crippen LogP contribution in [-0.2, 0) is 12.8 Å². The monoisotopic (exact) mass is 318 g/mol. The van der Waals surface area contributed by atoms with E-state index in [0.717, 1.165) is 22.6 Å². The van der Waals surface area contributed by atoms with Crippen LogP contribution in [0, 0.1) is 5.82 Å². The average molecular weight is 318 g/mol. The van der Waals surface area contributed by atoms with Crippen molar-refractivity contribution < 1.29 is 14.3 Å². The Labute approximate surface area is 130 Å². The first-order valence-corrected chi connectivity index (χ1v) is 7.90. The zero-order chi connectivity index (χ0) is 15.9. The number of carboxylic acids is 1. The van der Waals surface area contributed by atoms with Gasteiger partial charge >= 0.3 is 5.97 Å². The second-order valence-electron chi connectivity index (χ2n) is 4.92. The van der Waals surface area contributed by atoms with Gasteiger partial charge in [-0.25, -0.2) is 14.2 Å². The van der Waals surface area contributed by atoms with E-state index < -0.39 is 5.97 Å². The van der Waals surface area contributed by atoms with Gasteiger partial charge in [0.25, 0.3) is 0 Å². The fourth-order valence-corrected chi connectivity index (χ4v) is 3.71. The molecule has 0 radical (unpaired) electrons. The first kappa shape index (κ1) is 14.7. The van der Waals surface area contributed by atoms with Crippen LogP contribution in [0.15, 0.2) is 24.3 Å². The maximum atomic E-state index is 13.2. The van der Waals surface area contributed by atoms with Crippen LogP contribution in [0.1, 0.15) is 34.9 Å². The second kappa shape index (κ2) is 5.53. The molecule has 0 aliphatic carbocycles. The highest BCUT2D eigenvalue weighted by atomic mass is 32.1. The van der Waals surface area contributed by atoms with Gasteiger partial charge in [0, 0.05) is 4.88 Å². The Morgan fingerprint density at radius 2 is 1.95 bits per heavy atom. The third-order valence-corrected chi connectivity index (χ3v) is 4.78. The molecule has 3 aromatic rings. The lowest BCUT2D eigenvalue weighted by atomic mass is 10.1. The number of aryl methyl sites for hydroxylation is 2. The summed E-state index contributed by atoms with van der Waals surface area (Å²) in [4.78, 5) is 17.8. The molecule has 0 aliphatic rings. The summed E-state index contributed by atoms with van der Waals surface area (Å²) in [6, 6.07) is 6.12. The molecule has 6 heteroatoms. The summed E-state index contributed by atoms with van der Waals surface area (Å²) in [7, 11) is 0. The van der Waals surface area contributed by atoms with E-state index in [4.69, 9.17) is 0 Å². The summed E-state index contributed by atoms with van der Waals surface area (Å²) in [5.74, 6) is -1.31. The fraction of sp³-hybridized carbons (Fsp3) is 0.250. The molecule has 0 saturated carbocycles. The van der Waals surface area contributed by atoms with Crippen LogP contribution in [0.3, 0.4) is 0 Å². The molecule has 0 saturated heterocycles. The molecule has 1 aromatic carbocycles. The highest BCUT2D eigenvalue weighted by molar-refractivity contribution is 7.17. The van der Waals surface area contributed by atoms with Gasteiger partial charge in [0.15, 0.2) is 10.7 Å². The zero-order valence-electron chi connectivity index (χ0n) is 12.3. The first-order chi connectivity index (χ1) is 10.6.